The number of hydrogen-bond acceptors (Lipinski definition) is 10. The molecule has 1 unspecified atom stereocenters. The van der Waals surface area contributed by atoms with Gasteiger partial charge in [-0.05, 0) is 47.9 Å². The number of benzene rings is 2. The highest BCUT2D eigenvalue weighted by molar-refractivity contribution is 8.00. The number of Topliss-reactive ketones (excluding diaryl/α,β-unsaturated/α-hetero) is 1. The van der Waals surface area contributed by atoms with Crippen LogP contribution in [0.3, 0.4) is 0 Å². The van der Waals surface area contributed by atoms with E-state index in [-0.39, 0.29) is 22.3 Å². The van der Waals surface area contributed by atoms with Gasteiger partial charge in [0, 0.05) is 23.7 Å². The molecular formula is C30H27FN4O5S2. The van der Waals surface area contributed by atoms with E-state index in [9.17, 15) is 19.1 Å². The van der Waals surface area contributed by atoms with Gasteiger partial charge >= 0.3 is 5.91 Å². The van der Waals surface area contributed by atoms with Gasteiger partial charge in [0.05, 0.1) is 25.3 Å². The summed E-state index contributed by atoms with van der Waals surface area (Å²) in [4.78, 5) is 32.2. The van der Waals surface area contributed by atoms with Gasteiger partial charge in [-0.25, -0.2) is 4.39 Å². The van der Waals surface area contributed by atoms with Crippen molar-refractivity contribution in [1.82, 2.24) is 15.2 Å². The predicted octanol–water partition coefficient (Wildman–Crippen LogP) is 6.18. The van der Waals surface area contributed by atoms with Crippen LogP contribution in [0.4, 0.5) is 9.52 Å². The first kappa shape index (κ1) is 29.2. The molecule has 1 amide bonds. The highest BCUT2D eigenvalue weighted by atomic mass is 32.2. The number of amides is 1. The van der Waals surface area contributed by atoms with E-state index in [1.807, 2.05) is 0 Å². The molecule has 5 rings (SSSR count). The number of anilines is 1. The van der Waals surface area contributed by atoms with Crippen LogP contribution >= 0.6 is 23.1 Å². The number of rotatable bonds is 11. The summed E-state index contributed by atoms with van der Waals surface area (Å²) >= 11 is 2.36. The van der Waals surface area contributed by atoms with Crippen molar-refractivity contribution in [2.24, 2.45) is 0 Å². The fraction of sp³-hybridized carbons (Fsp3) is 0.233. The molecule has 12 heteroatoms. The molecule has 3 heterocycles. The molecule has 0 radical (unpaired) electrons. The van der Waals surface area contributed by atoms with Crippen molar-refractivity contribution < 1.29 is 28.6 Å². The maximum Gasteiger partial charge on any atom is 0.301 e. The molecule has 216 valence electrons. The molecule has 1 saturated heterocycles. The van der Waals surface area contributed by atoms with Gasteiger partial charge in [0.25, 0.3) is 5.78 Å². The Morgan fingerprint density at radius 2 is 1.88 bits per heavy atom. The van der Waals surface area contributed by atoms with Gasteiger partial charge in [0.2, 0.25) is 5.13 Å². The molecular weight excluding hydrogens is 579 g/mol. The molecule has 1 aliphatic heterocycles. The molecule has 2 aromatic carbocycles. The summed E-state index contributed by atoms with van der Waals surface area (Å²) < 4.78 is 26.1. The number of halogens is 1. The third-order valence-electron chi connectivity index (χ3n) is 6.57. The Balaban J connectivity index is 1.55. The van der Waals surface area contributed by atoms with E-state index in [0.717, 1.165) is 24.2 Å². The third kappa shape index (κ3) is 6.00. The Morgan fingerprint density at radius 3 is 2.62 bits per heavy atom. The maximum absolute atomic E-state index is 14.1. The molecule has 0 bridgehead atoms. The molecule has 0 saturated carbocycles. The lowest BCUT2D eigenvalue weighted by molar-refractivity contribution is -0.132. The lowest BCUT2D eigenvalue weighted by Crippen LogP contribution is -2.29. The fourth-order valence-electron chi connectivity index (χ4n) is 4.42. The Hall–Kier alpha value is -4.29. The van der Waals surface area contributed by atoms with Crippen molar-refractivity contribution in [2.75, 3.05) is 18.6 Å². The van der Waals surface area contributed by atoms with Crippen molar-refractivity contribution in [3.05, 3.63) is 95.1 Å². The zero-order chi connectivity index (χ0) is 29.6. The maximum atomic E-state index is 14.1. The van der Waals surface area contributed by atoms with E-state index in [1.165, 1.54) is 42.2 Å². The molecule has 1 atom stereocenters. The van der Waals surface area contributed by atoms with Gasteiger partial charge in [-0.3, -0.25) is 19.5 Å². The van der Waals surface area contributed by atoms with Gasteiger partial charge in [-0.1, -0.05) is 60.7 Å². The Labute approximate surface area is 250 Å². The first-order valence-corrected chi connectivity index (χ1v) is 14.9. The van der Waals surface area contributed by atoms with Crippen LogP contribution in [0.5, 0.6) is 11.5 Å². The number of unbranched alkanes of at least 4 members (excludes halogenated alkanes) is 1. The van der Waals surface area contributed by atoms with Crippen molar-refractivity contribution in [3.8, 4) is 11.5 Å². The number of pyridine rings is 1. The Bertz CT molecular complexity index is 1630. The zero-order valence-corrected chi connectivity index (χ0v) is 24.5. The molecule has 0 spiro atoms. The van der Waals surface area contributed by atoms with E-state index >= 15 is 0 Å². The minimum atomic E-state index is -1.03. The van der Waals surface area contributed by atoms with Gasteiger partial charge < -0.3 is 14.6 Å². The van der Waals surface area contributed by atoms with E-state index in [2.05, 4.69) is 22.1 Å². The van der Waals surface area contributed by atoms with Gasteiger partial charge in [-0.15, -0.1) is 10.2 Å². The van der Waals surface area contributed by atoms with Crippen LogP contribution in [-0.4, -0.2) is 45.7 Å². The van der Waals surface area contributed by atoms with E-state index in [1.54, 1.807) is 48.5 Å². The first-order valence-electron chi connectivity index (χ1n) is 13.1. The number of methoxy groups -OCH3 is 1. The second kappa shape index (κ2) is 13.1. The van der Waals surface area contributed by atoms with Gasteiger partial charge in [0.15, 0.2) is 15.8 Å². The summed E-state index contributed by atoms with van der Waals surface area (Å²) in [5, 5.41) is 19.8. The summed E-state index contributed by atoms with van der Waals surface area (Å²) in [6.45, 7) is 2.57. The number of aliphatic hydroxyl groups excluding tert-OH is 1. The third-order valence-corrected chi connectivity index (χ3v) is 8.67. The van der Waals surface area contributed by atoms with Crippen molar-refractivity contribution >= 4 is 45.7 Å². The Morgan fingerprint density at radius 1 is 1.10 bits per heavy atom. The van der Waals surface area contributed by atoms with Crippen LogP contribution in [0.2, 0.25) is 0 Å². The number of carbonyl (C=O) groups excluding carboxylic acids is 2. The topological polar surface area (TPSA) is 115 Å². The predicted molar refractivity (Wildman–Crippen MR) is 158 cm³/mol. The summed E-state index contributed by atoms with van der Waals surface area (Å²) in [5.74, 6) is -1.16. The highest BCUT2D eigenvalue weighted by Gasteiger charge is 2.48. The normalized spacial score (nSPS) is 16.2. The van der Waals surface area contributed by atoms with Crippen LogP contribution < -0.4 is 14.4 Å². The SMILES string of the molecule is CCCCOc1ccc(C2C(=C(O)c3ccncc3)C(=O)C(=O)N2c2nnc(SCc3ccccc3F)s2)cc1OC. The Kier molecular flexibility index (Phi) is 9.13. The lowest BCUT2D eigenvalue weighted by Gasteiger charge is -2.23. The fourth-order valence-corrected chi connectivity index (χ4v) is 6.28. The number of ketones is 1. The highest BCUT2D eigenvalue weighted by Crippen LogP contribution is 2.45. The number of hydrogen-bond donors (Lipinski definition) is 1. The first-order chi connectivity index (χ1) is 20.4. The smallest absolute Gasteiger partial charge is 0.301 e. The molecule has 1 aliphatic rings. The number of carbonyl (C=O) groups is 2. The van der Waals surface area contributed by atoms with E-state index in [0.29, 0.717) is 44.9 Å². The second-order valence-electron chi connectivity index (χ2n) is 9.25. The lowest BCUT2D eigenvalue weighted by atomic mass is 9.95. The van der Waals surface area contributed by atoms with Gasteiger partial charge in [0.1, 0.15) is 11.6 Å². The van der Waals surface area contributed by atoms with Crippen LogP contribution in [0, 0.1) is 5.82 Å². The summed E-state index contributed by atoms with van der Waals surface area (Å²) in [6.07, 6.45) is 4.79. The van der Waals surface area contributed by atoms with Crippen LogP contribution in [-0.2, 0) is 15.3 Å². The minimum absolute atomic E-state index is 0.108. The number of nitrogens with zero attached hydrogens (tertiary/aromatic N) is 4. The molecule has 0 aliphatic carbocycles. The average molecular weight is 607 g/mol. The van der Waals surface area contributed by atoms with Crippen molar-refractivity contribution in [3.63, 3.8) is 0 Å². The monoisotopic (exact) mass is 606 g/mol. The number of ether oxygens (including phenoxy) is 2. The molecule has 4 aromatic rings. The minimum Gasteiger partial charge on any atom is -0.507 e. The van der Waals surface area contributed by atoms with Crippen LogP contribution in [0.15, 0.2) is 76.9 Å². The van der Waals surface area contributed by atoms with Crippen LogP contribution in [0.1, 0.15) is 42.5 Å². The number of thioether (sulfide) groups is 1. The summed E-state index contributed by atoms with van der Waals surface area (Å²) in [5.41, 5.74) is 1.23. The quantitative estimate of drug-likeness (QED) is 0.0534. The van der Waals surface area contributed by atoms with E-state index in [4.69, 9.17) is 9.47 Å². The summed E-state index contributed by atoms with van der Waals surface area (Å²) in [6, 6.07) is 13.6. The number of aromatic nitrogens is 3. The summed E-state index contributed by atoms with van der Waals surface area (Å²) in [7, 11) is 1.50. The molecule has 1 N–H and O–H groups in total. The zero-order valence-electron chi connectivity index (χ0n) is 22.8. The van der Waals surface area contributed by atoms with E-state index < -0.39 is 17.7 Å². The largest absolute Gasteiger partial charge is 0.507 e. The number of aliphatic hydroxyl groups is 1. The van der Waals surface area contributed by atoms with Crippen molar-refractivity contribution in [1.29, 1.82) is 0 Å². The second-order valence-corrected chi connectivity index (χ2v) is 11.4. The molecule has 1 fully saturated rings. The van der Waals surface area contributed by atoms with Crippen LogP contribution in [0.25, 0.3) is 5.76 Å². The molecule has 9 nitrogen and oxygen atoms in total. The van der Waals surface area contributed by atoms with Gasteiger partial charge in [-0.2, -0.15) is 0 Å². The standard InChI is InChI=1S/C30H27FN4O5S2/c1-3-4-15-40-22-10-9-19(16-23(22)39-2)25-24(26(36)18-11-13-32-14-12-18)27(37)28(38)35(25)29-33-34-30(42-29)41-17-20-7-5-6-8-21(20)31/h5-14,16,25,36H,3-4,15,17H2,1-2H3. The molecule has 2 aromatic heterocycles. The van der Waals surface area contributed by atoms with Crippen molar-refractivity contribution in [2.45, 2.75) is 35.9 Å². The average Bonchev–Trinajstić information content (AvgIpc) is 3.58. The molecule has 42 heavy (non-hydrogen) atoms.